The number of hydrogen-bond acceptors (Lipinski definition) is 6. The molecule has 3 aliphatic rings. The van der Waals surface area contributed by atoms with Gasteiger partial charge in [-0.05, 0) is 43.0 Å². The Hall–Kier alpha value is -3.76. The van der Waals surface area contributed by atoms with Crippen LogP contribution in [0.5, 0.6) is 0 Å². The van der Waals surface area contributed by atoms with Gasteiger partial charge in [0.1, 0.15) is 12.1 Å². The Morgan fingerprint density at radius 2 is 1.60 bits per heavy atom. The molecular formula is C30H38N6O4. The number of anilines is 1. The van der Waals surface area contributed by atoms with Gasteiger partial charge in [-0.2, -0.15) is 0 Å². The van der Waals surface area contributed by atoms with Crippen molar-refractivity contribution in [3.05, 3.63) is 66.2 Å². The Morgan fingerprint density at radius 3 is 2.25 bits per heavy atom. The van der Waals surface area contributed by atoms with E-state index in [0.717, 1.165) is 0 Å². The van der Waals surface area contributed by atoms with Crippen molar-refractivity contribution in [1.29, 1.82) is 0 Å². The van der Waals surface area contributed by atoms with E-state index in [1.807, 2.05) is 55.3 Å². The molecule has 4 amide bonds. The van der Waals surface area contributed by atoms with Crippen LogP contribution >= 0.6 is 0 Å². The van der Waals surface area contributed by atoms with Crippen LogP contribution < -0.4 is 10.6 Å². The first-order chi connectivity index (χ1) is 19.3. The summed E-state index contributed by atoms with van der Waals surface area (Å²) in [5.74, 6) is -0.472. The van der Waals surface area contributed by atoms with E-state index >= 15 is 0 Å². The summed E-state index contributed by atoms with van der Waals surface area (Å²) in [5.41, 5.74) is 1.17. The maximum absolute atomic E-state index is 14.4. The van der Waals surface area contributed by atoms with E-state index in [1.54, 1.807) is 39.1 Å². The molecule has 212 valence electrons. The highest BCUT2D eigenvalue weighted by Gasteiger charge is 2.53. The van der Waals surface area contributed by atoms with E-state index in [2.05, 4.69) is 10.6 Å². The summed E-state index contributed by atoms with van der Waals surface area (Å²) >= 11 is 0. The Labute approximate surface area is 235 Å². The highest BCUT2D eigenvalue weighted by molar-refractivity contribution is 6.02. The number of para-hydroxylation sites is 1. The van der Waals surface area contributed by atoms with Crippen molar-refractivity contribution in [3.8, 4) is 0 Å². The number of nitrogens with one attached hydrogen (secondary N) is 2. The van der Waals surface area contributed by atoms with Crippen molar-refractivity contribution in [3.63, 3.8) is 0 Å². The van der Waals surface area contributed by atoms with Crippen molar-refractivity contribution < 1.29 is 19.2 Å². The van der Waals surface area contributed by atoms with Crippen LogP contribution in [-0.4, -0.2) is 101 Å². The van der Waals surface area contributed by atoms with Gasteiger partial charge in [0.05, 0.1) is 12.6 Å². The lowest BCUT2D eigenvalue weighted by Crippen LogP contribution is -2.62. The van der Waals surface area contributed by atoms with E-state index in [0.29, 0.717) is 56.8 Å². The molecule has 40 heavy (non-hydrogen) atoms. The molecule has 3 unspecified atom stereocenters. The van der Waals surface area contributed by atoms with Crippen LogP contribution in [0.15, 0.2) is 60.7 Å². The lowest BCUT2D eigenvalue weighted by atomic mass is 10.00. The number of carbonyl (C=O) groups excluding carboxylic acids is 4. The number of ketones is 1. The van der Waals surface area contributed by atoms with Crippen LogP contribution in [0.1, 0.15) is 37.0 Å². The number of piperazine rings is 1. The fourth-order valence-corrected chi connectivity index (χ4v) is 6.05. The second-order valence-electron chi connectivity index (χ2n) is 11.1. The number of hydrazine groups is 1. The van der Waals surface area contributed by atoms with Gasteiger partial charge in [-0.3, -0.25) is 19.4 Å². The average molecular weight is 547 g/mol. The quantitative estimate of drug-likeness (QED) is 0.553. The maximum Gasteiger partial charge on any atom is 0.322 e. The average Bonchev–Trinajstić information content (AvgIpc) is 3.55. The van der Waals surface area contributed by atoms with E-state index in [-0.39, 0.29) is 36.1 Å². The normalized spacial score (nSPS) is 21.8. The standard InChI is InChI=1S/C30H38N6O4/c1-21(2)19-25(36(33-17-14-31-15-18-33)28(38)22-9-5-3-6-10-22)29(39)34-16-13-24-27(34)26(37)20-35(24)30(40)32-23-11-7-4-8-12-23/h3-12,21,24-25,27,31H,13-20H2,1-2H3,(H,32,40). The number of benzene rings is 2. The molecule has 3 heterocycles. The maximum atomic E-state index is 14.4. The summed E-state index contributed by atoms with van der Waals surface area (Å²) in [4.78, 5) is 57.9. The molecule has 2 aromatic carbocycles. The molecule has 0 aliphatic carbocycles. The molecule has 3 atom stereocenters. The predicted molar refractivity (Wildman–Crippen MR) is 151 cm³/mol. The van der Waals surface area contributed by atoms with Gasteiger partial charge >= 0.3 is 6.03 Å². The van der Waals surface area contributed by atoms with Crippen LogP contribution in [0.2, 0.25) is 0 Å². The van der Waals surface area contributed by atoms with Gasteiger partial charge in [0, 0.05) is 44.0 Å². The second kappa shape index (κ2) is 12.2. The molecule has 3 aliphatic heterocycles. The minimum atomic E-state index is -0.760. The number of carbonyl (C=O) groups is 4. The lowest BCUT2D eigenvalue weighted by molar-refractivity contribution is -0.147. The topological polar surface area (TPSA) is 105 Å². The first kappa shape index (κ1) is 27.8. The second-order valence-corrected chi connectivity index (χ2v) is 11.1. The third kappa shape index (κ3) is 5.73. The molecule has 0 radical (unpaired) electrons. The molecule has 10 heteroatoms. The SMILES string of the molecule is CC(C)CC(C(=O)N1CCC2C1C(=O)CN2C(=O)Nc1ccccc1)N(C(=O)c1ccccc1)N1CCNCC1. The van der Waals surface area contributed by atoms with Gasteiger partial charge in [0.15, 0.2) is 5.78 Å². The highest BCUT2D eigenvalue weighted by Crippen LogP contribution is 2.32. The van der Waals surface area contributed by atoms with Gasteiger partial charge in [-0.25, -0.2) is 9.80 Å². The number of nitrogens with zero attached hydrogens (tertiary/aromatic N) is 4. The van der Waals surface area contributed by atoms with Gasteiger partial charge in [0.25, 0.3) is 5.91 Å². The lowest BCUT2D eigenvalue weighted by Gasteiger charge is -2.43. The first-order valence-electron chi connectivity index (χ1n) is 14.1. The van der Waals surface area contributed by atoms with Crippen molar-refractivity contribution in [2.45, 2.75) is 44.8 Å². The largest absolute Gasteiger partial charge is 0.329 e. The molecule has 0 bridgehead atoms. The van der Waals surface area contributed by atoms with Gasteiger partial charge in [-0.15, -0.1) is 0 Å². The zero-order valence-corrected chi connectivity index (χ0v) is 23.2. The number of urea groups is 1. The van der Waals surface area contributed by atoms with Crippen molar-refractivity contribution in [1.82, 2.24) is 25.1 Å². The monoisotopic (exact) mass is 546 g/mol. The van der Waals surface area contributed by atoms with Gasteiger partial charge in [-0.1, -0.05) is 50.2 Å². The predicted octanol–water partition coefficient (Wildman–Crippen LogP) is 2.45. The van der Waals surface area contributed by atoms with Crippen molar-refractivity contribution in [2.75, 3.05) is 44.6 Å². The fraction of sp³-hybridized carbons (Fsp3) is 0.467. The van der Waals surface area contributed by atoms with Gasteiger partial charge < -0.3 is 20.4 Å². The Morgan fingerprint density at radius 1 is 0.950 bits per heavy atom. The molecule has 10 nitrogen and oxygen atoms in total. The molecule has 0 spiro atoms. The van der Waals surface area contributed by atoms with Crippen LogP contribution in [0.4, 0.5) is 10.5 Å². The molecule has 5 rings (SSSR count). The summed E-state index contributed by atoms with van der Waals surface area (Å²) < 4.78 is 0. The number of fused-ring (bicyclic) bond motifs is 1. The van der Waals surface area contributed by atoms with Crippen LogP contribution in [0.3, 0.4) is 0 Å². The number of Topliss-reactive ketones (excluding diaryl/α,β-unsaturated/α-hetero) is 1. The van der Waals surface area contributed by atoms with Crippen molar-refractivity contribution >= 4 is 29.3 Å². The zero-order chi connectivity index (χ0) is 28.2. The number of rotatable bonds is 7. The molecule has 3 saturated heterocycles. The summed E-state index contributed by atoms with van der Waals surface area (Å²) in [6, 6.07) is 15.9. The zero-order valence-electron chi connectivity index (χ0n) is 23.2. The summed E-state index contributed by atoms with van der Waals surface area (Å²) in [6.07, 6.45) is 0.973. The molecule has 2 N–H and O–H groups in total. The summed E-state index contributed by atoms with van der Waals surface area (Å²) in [6.45, 7) is 6.99. The smallest absolute Gasteiger partial charge is 0.322 e. The minimum absolute atomic E-state index is 0.0446. The minimum Gasteiger partial charge on any atom is -0.329 e. The van der Waals surface area contributed by atoms with Crippen molar-refractivity contribution in [2.24, 2.45) is 5.92 Å². The van der Waals surface area contributed by atoms with Crippen LogP contribution in [0, 0.1) is 5.92 Å². The fourth-order valence-electron chi connectivity index (χ4n) is 6.05. The number of likely N-dealkylation sites (tertiary alicyclic amines) is 2. The Balaban J connectivity index is 1.40. The van der Waals surface area contributed by atoms with Crippen LogP contribution in [-0.2, 0) is 9.59 Å². The third-order valence-corrected chi connectivity index (χ3v) is 7.89. The highest BCUT2D eigenvalue weighted by atomic mass is 16.2. The van der Waals surface area contributed by atoms with E-state index in [4.69, 9.17) is 0 Å². The molecule has 2 aromatic rings. The number of amides is 4. The van der Waals surface area contributed by atoms with Crippen LogP contribution in [0.25, 0.3) is 0 Å². The van der Waals surface area contributed by atoms with Gasteiger partial charge in [0.2, 0.25) is 5.91 Å². The van der Waals surface area contributed by atoms with E-state index in [1.165, 1.54) is 0 Å². The first-order valence-corrected chi connectivity index (χ1v) is 14.1. The third-order valence-electron chi connectivity index (χ3n) is 7.89. The molecular weight excluding hydrogens is 508 g/mol. The summed E-state index contributed by atoms with van der Waals surface area (Å²) in [5, 5.41) is 9.80. The number of hydrogen-bond donors (Lipinski definition) is 2. The molecule has 3 fully saturated rings. The Kier molecular flexibility index (Phi) is 8.46. The Bertz CT molecular complexity index is 1220. The molecule has 0 saturated carbocycles. The summed E-state index contributed by atoms with van der Waals surface area (Å²) in [7, 11) is 0. The molecule has 0 aromatic heterocycles. The van der Waals surface area contributed by atoms with E-state index in [9.17, 15) is 19.2 Å². The van der Waals surface area contributed by atoms with E-state index < -0.39 is 18.1 Å².